The fraction of sp³-hybridized carbons (Fsp3) is 0.316. The summed E-state index contributed by atoms with van der Waals surface area (Å²) in [7, 11) is 1.76. The van der Waals surface area contributed by atoms with Crippen molar-refractivity contribution < 1.29 is 13.9 Å². The topological polar surface area (TPSA) is 46.1 Å². The molecule has 7 heteroatoms. The molecule has 2 aromatic rings. The van der Waals surface area contributed by atoms with Crippen molar-refractivity contribution in [3.05, 3.63) is 58.9 Å². The zero-order valence-electron chi connectivity index (χ0n) is 14.5. The second-order valence-corrected chi connectivity index (χ2v) is 6.09. The van der Waals surface area contributed by atoms with E-state index in [1.807, 2.05) is 6.07 Å². The van der Waals surface area contributed by atoms with E-state index < -0.39 is 0 Å². The highest BCUT2D eigenvalue weighted by molar-refractivity contribution is 14.0. The minimum absolute atomic E-state index is 0. The van der Waals surface area contributed by atoms with Crippen molar-refractivity contribution in [3.63, 3.8) is 0 Å². The predicted molar refractivity (Wildman–Crippen MR) is 110 cm³/mol. The lowest BCUT2D eigenvalue weighted by molar-refractivity contribution is -0.0172. The van der Waals surface area contributed by atoms with Crippen LogP contribution in [0.1, 0.15) is 16.7 Å². The van der Waals surface area contributed by atoms with Gasteiger partial charge in [-0.25, -0.2) is 4.39 Å². The van der Waals surface area contributed by atoms with Crippen molar-refractivity contribution in [1.82, 2.24) is 5.32 Å². The Labute approximate surface area is 169 Å². The third-order valence-corrected chi connectivity index (χ3v) is 4.54. The minimum Gasteiger partial charge on any atom is -0.467 e. The Bertz CT molecular complexity index is 828. The Morgan fingerprint density at radius 3 is 2.96 bits per heavy atom. The molecule has 1 N–H and O–H groups in total. The van der Waals surface area contributed by atoms with Crippen LogP contribution in [-0.2, 0) is 24.3 Å². The Balaban J connectivity index is 0.00000196. The van der Waals surface area contributed by atoms with Crippen LogP contribution in [0.4, 0.5) is 10.1 Å². The smallest absolute Gasteiger partial charge is 0.198 e. The van der Waals surface area contributed by atoms with Crippen LogP contribution >= 0.6 is 24.0 Å². The highest BCUT2D eigenvalue weighted by Crippen LogP contribution is 2.30. The van der Waals surface area contributed by atoms with Gasteiger partial charge in [-0.1, -0.05) is 18.2 Å². The highest BCUT2D eigenvalue weighted by Gasteiger charge is 2.23. The van der Waals surface area contributed by atoms with Gasteiger partial charge in [0.25, 0.3) is 0 Å². The van der Waals surface area contributed by atoms with Gasteiger partial charge >= 0.3 is 0 Å². The molecule has 0 saturated carbocycles. The monoisotopic (exact) mass is 469 g/mol. The predicted octanol–water partition coefficient (Wildman–Crippen LogP) is 3.45. The van der Waals surface area contributed by atoms with E-state index in [1.54, 1.807) is 7.05 Å². The molecule has 0 saturated heterocycles. The third kappa shape index (κ3) is 3.64. The molecule has 0 unspecified atom stereocenters. The molecule has 0 bridgehead atoms. The van der Waals surface area contributed by atoms with Gasteiger partial charge in [0.15, 0.2) is 12.8 Å². The lowest BCUT2D eigenvalue weighted by atomic mass is 10.1. The summed E-state index contributed by atoms with van der Waals surface area (Å²) in [6.45, 7) is 1.88. The summed E-state index contributed by atoms with van der Waals surface area (Å²) >= 11 is 0. The van der Waals surface area contributed by atoms with Gasteiger partial charge in [0.2, 0.25) is 0 Å². The van der Waals surface area contributed by atoms with Gasteiger partial charge < -0.3 is 19.7 Å². The van der Waals surface area contributed by atoms with Crippen LogP contribution in [0.3, 0.4) is 0 Å². The molecule has 2 aliphatic rings. The van der Waals surface area contributed by atoms with Gasteiger partial charge in [0.05, 0.1) is 6.61 Å². The van der Waals surface area contributed by atoms with E-state index in [4.69, 9.17) is 9.47 Å². The number of nitrogens with one attached hydrogen (secondary N) is 1. The van der Waals surface area contributed by atoms with Crippen LogP contribution in [0.2, 0.25) is 0 Å². The van der Waals surface area contributed by atoms with Crippen molar-refractivity contribution in [2.24, 2.45) is 4.99 Å². The average molecular weight is 469 g/mol. The number of fused-ring (bicyclic) bond motifs is 2. The zero-order valence-corrected chi connectivity index (χ0v) is 16.8. The molecule has 4 rings (SSSR count). The van der Waals surface area contributed by atoms with Gasteiger partial charge in [-0.15, -0.1) is 24.0 Å². The first-order chi connectivity index (χ1) is 12.3. The van der Waals surface area contributed by atoms with Gasteiger partial charge in [-0.05, 0) is 30.2 Å². The largest absolute Gasteiger partial charge is 0.467 e. The molecule has 0 amide bonds. The fourth-order valence-electron chi connectivity index (χ4n) is 3.42. The van der Waals surface area contributed by atoms with Crippen LogP contribution in [0.5, 0.6) is 5.75 Å². The maximum Gasteiger partial charge on any atom is 0.198 e. The Hall–Kier alpha value is -1.87. The number of aliphatic imine (C=N–C) groups is 1. The molecule has 2 heterocycles. The van der Waals surface area contributed by atoms with Gasteiger partial charge in [-0.3, -0.25) is 4.99 Å². The maximum atomic E-state index is 13.9. The summed E-state index contributed by atoms with van der Waals surface area (Å²) in [5.41, 5.74) is 3.99. The number of ether oxygens (including phenoxy) is 2. The summed E-state index contributed by atoms with van der Waals surface area (Å²) in [6.07, 6.45) is 0.993. The summed E-state index contributed by atoms with van der Waals surface area (Å²) in [6, 6.07) is 11.3. The maximum absolute atomic E-state index is 13.9. The number of benzene rings is 2. The normalized spacial score (nSPS) is 15.6. The number of halogens is 2. The number of hydrogen-bond acceptors (Lipinski definition) is 3. The minimum atomic E-state index is -0.286. The number of guanidine groups is 1. The third-order valence-electron chi connectivity index (χ3n) is 4.54. The van der Waals surface area contributed by atoms with Crippen molar-refractivity contribution in [3.8, 4) is 5.75 Å². The van der Waals surface area contributed by atoms with Crippen molar-refractivity contribution in [2.75, 3.05) is 25.3 Å². The summed E-state index contributed by atoms with van der Waals surface area (Å²) in [5.74, 6) is 1.19. The molecule has 0 fully saturated rings. The standard InChI is InChI=1S/C19H20FN3O2.HI/c1-21-19(23-7-6-13-4-2-3-5-17(13)23)22-10-14-8-16(20)9-15-11-24-12-25-18(14)15;/h2-5,8-9H,6-7,10-12H2,1H3,(H,21,22);1H. The molecule has 5 nitrogen and oxygen atoms in total. The molecule has 138 valence electrons. The lowest BCUT2D eigenvalue weighted by Gasteiger charge is -2.24. The zero-order chi connectivity index (χ0) is 17.2. The van der Waals surface area contributed by atoms with Crippen molar-refractivity contribution in [1.29, 1.82) is 0 Å². The fourth-order valence-corrected chi connectivity index (χ4v) is 3.42. The first-order valence-electron chi connectivity index (χ1n) is 8.34. The van der Waals surface area contributed by atoms with E-state index in [9.17, 15) is 4.39 Å². The molecule has 0 atom stereocenters. The summed E-state index contributed by atoms with van der Waals surface area (Å²) < 4.78 is 24.7. The summed E-state index contributed by atoms with van der Waals surface area (Å²) in [5, 5.41) is 3.33. The SMILES string of the molecule is CN=C(NCc1cc(F)cc2c1OCOC2)N1CCc2ccccc21.I. The molecule has 26 heavy (non-hydrogen) atoms. The lowest BCUT2D eigenvalue weighted by Crippen LogP contribution is -2.40. The van der Waals surface area contributed by atoms with E-state index in [2.05, 4.69) is 33.4 Å². The molecular weight excluding hydrogens is 448 g/mol. The van der Waals surface area contributed by atoms with E-state index in [0.29, 0.717) is 18.9 Å². The summed E-state index contributed by atoms with van der Waals surface area (Å²) in [4.78, 5) is 6.55. The van der Waals surface area contributed by atoms with Crippen molar-refractivity contribution >= 4 is 35.6 Å². The quantitative estimate of drug-likeness (QED) is 0.416. The van der Waals surface area contributed by atoms with E-state index >= 15 is 0 Å². The molecule has 0 aliphatic carbocycles. The molecule has 0 radical (unpaired) electrons. The highest BCUT2D eigenvalue weighted by atomic mass is 127. The number of anilines is 1. The Morgan fingerprint density at radius 1 is 1.27 bits per heavy atom. The second-order valence-electron chi connectivity index (χ2n) is 6.09. The number of para-hydroxylation sites is 1. The van der Waals surface area contributed by atoms with Gasteiger partial charge in [0, 0.05) is 37.0 Å². The molecule has 0 spiro atoms. The Morgan fingerprint density at radius 2 is 2.12 bits per heavy atom. The number of nitrogens with zero attached hydrogens (tertiary/aromatic N) is 2. The second kappa shape index (κ2) is 8.22. The van der Waals surface area contributed by atoms with Gasteiger partial charge in [-0.2, -0.15) is 0 Å². The van der Waals surface area contributed by atoms with Gasteiger partial charge in [0.1, 0.15) is 11.6 Å². The van der Waals surface area contributed by atoms with Crippen LogP contribution in [0.25, 0.3) is 0 Å². The van der Waals surface area contributed by atoms with E-state index in [-0.39, 0.29) is 36.6 Å². The van der Waals surface area contributed by atoms with Crippen LogP contribution in [0, 0.1) is 5.82 Å². The van der Waals surface area contributed by atoms with Crippen LogP contribution in [-0.4, -0.2) is 26.3 Å². The van der Waals surface area contributed by atoms with E-state index in [1.165, 1.54) is 23.4 Å². The van der Waals surface area contributed by atoms with Crippen molar-refractivity contribution in [2.45, 2.75) is 19.6 Å². The van der Waals surface area contributed by atoms with Crippen LogP contribution < -0.4 is 15.0 Å². The molecule has 2 aromatic carbocycles. The molecule has 0 aromatic heterocycles. The first-order valence-corrected chi connectivity index (χ1v) is 8.34. The molecule has 2 aliphatic heterocycles. The number of rotatable bonds is 2. The van der Waals surface area contributed by atoms with Crippen LogP contribution in [0.15, 0.2) is 41.4 Å². The van der Waals surface area contributed by atoms with E-state index in [0.717, 1.165) is 30.1 Å². The average Bonchev–Trinajstić information content (AvgIpc) is 3.06. The number of hydrogen-bond donors (Lipinski definition) is 1. The Kier molecular flexibility index (Phi) is 5.98. The first kappa shape index (κ1) is 18.9. The molecular formula is C19H21FIN3O2.